The van der Waals surface area contributed by atoms with Gasteiger partial charge in [0.2, 0.25) is 0 Å². The van der Waals surface area contributed by atoms with Crippen LogP contribution in [0.3, 0.4) is 0 Å². The van der Waals surface area contributed by atoms with Crippen LogP contribution in [-0.4, -0.2) is 37.7 Å². The molecular formula is C19H24N2O3. The summed E-state index contributed by atoms with van der Waals surface area (Å²) in [6.07, 6.45) is 0. The smallest absolute Gasteiger partial charge is 0.317 e. The average Bonchev–Trinajstić information content (AvgIpc) is 2.64. The highest BCUT2D eigenvalue weighted by Crippen LogP contribution is 2.25. The maximum atomic E-state index is 12.2. The number of rotatable bonds is 8. The first kappa shape index (κ1) is 17.7. The molecule has 5 heteroatoms. The number of carbonyl (C=O) groups is 1. The van der Waals surface area contributed by atoms with Gasteiger partial charge in [-0.2, -0.15) is 0 Å². The predicted octanol–water partition coefficient (Wildman–Crippen LogP) is 3.31. The highest BCUT2D eigenvalue weighted by molar-refractivity contribution is 5.74. The number of methoxy groups -OCH3 is 1. The van der Waals surface area contributed by atoms with Crippen molar-refractivity contribution in [3.63, 3.8) is 0 Å². The molecule has 0 saturated heterocycles. The molecule has 0 radical (unpaired) electrons. The van der Waals surface area contributed by atoms with E-state index in [2.05, 4.69) is 5.32 Å². The van der Waals surface area contributed by atoms with E-state index in [1.54, 1.807) is 12.0 Å². The number of hydrogen-bond acceptors (Lipinski definition) is 3. The minimum absolute atomic E-state index is 0.0926. The molecule has 0 fully saturated rings. The molecule has 0 bridgehead atoms. The van der Waals surface area contributed by atoms with Gasteiger partial charge < -0.3 is 19.7 Å². The lowest BCUT2D eigenvalue weighted by Crippen LogP contribution is -2.41. The number of para-hydroxylation sites is 2. The third-order valence-electron chi connectivity index (χ3n) is 3.59. The second-order valence-electron chi connectivity index (χ2n) is 5.23. The molecule has 0 unspecified atom stereocenters. The summed E-state index contributed by atoms with van der Waals surface area (Å²) in [5, 5.41) is 2.88. The maximum absolute atomic E-state index is 12.2. The SMILES string of the molecule is CCN(Cc1ccccc1)C(=O)NCCOc1ccccc1OC. The second-order valence-corrected chi connectivity index (χ2v) is 5.23. The molecule has 2 amide bonds. The Hall–Kier alpha value is -2.69. The maximum Gasteiger partial charge on any atom is 0.317 e. The molecule has 0 saturated carbocycles. The first-order valence-electron chi connectivity index (χ1n) is 8.07. The van der Waals surface area contributed by atoms with Gasteiger partial charge in [-0.25, -0.2) is 4.79 Å². The van der Waals surface area contributed by atoms with Crippen molar-refractivity contribution in [3.8, 4) is 11.5 Å². The molecule has 5 nitrogen and oxygen atoms in total. The van der Waals surface area contributed by atoms with Crippen LogP contribution >= 0.6 is 0 Å². The number of amides is 2. The van der Waals surface area contributed by atoms with Crippen LogP contribution in [0, 0.1) is 0 Å². The Kier molecular flexibility index (Phi) is 6.95. The van der Waals surface area contributed by atoms with E-state index in [1.165, 1.54) is 0 Å². The summed E-state index contributed by atoms with van der Waals surface area (Å²) in [7, 11) is 1.60. The van der Waals surface area contributed by atoms with Gasteiger partial charge in [0.15, 0.2) is 11.5 Å². The van der Waals surface area contributed by atoms with Crippen molar-refractivity contribution in [1.82, 2.24) is 10.2 Å². The van der Waals surface area contributed by atoms with E-state index in [4.69, 9.17) is 9.47 Å². The van der Waals surface area contributed by atoms with E-state index in [1.807, 2.05) is 61.5 Å². The first-order chi connectivity index (χ1) is 11.7. The van der Waals surface area contributed by atoms with Crippen molar-refractivity contribution in [3.05, 3.63) is 60.2 Å². The molecule has 0 aromatic heterocycles. The van der Waals surface area contributed by atoms with Crippen LogP contribution in [0.1, 0.15) is 12.5 Å². The molecule has 128 valence electrons. The van der Waals surface area contributed by atoms with Crippen LogP contribution in [-0.2, 0) is 6.54 Å². The molecule has 2 rings (SSSR count). The number of benzene rings is 2. The number of nitrogens with zero attached hydrogens (tertiary/aromatic N) is 1. The van der Waals surface area contributed by atoms with Gasteiger partial charge in [-0.15, -0.1) is 0 Å². The van der Waals surface area contributed by atoms with Gasteiger partial charge in [0.25, 0.3) is 0 Å². The lowest BCUT2D eigenvalue weighted by atomic mass is 10.2. The van der Waals surface area contributed by atoms with Crippen LogP contribution in [0.2, 0.25) is 0 Å². The Bertz CT molecular complexity index is 632. The Labute approximate surface area is 143 Å². The number of carbonyl (C=O) groups excluding carboxylic acids is 1. The molecule has 0 aliphatic rings. The van der Waals surface area contributed by atoms with Crippen molar-refractivity contribution >= 4 is 6.03 Å². The average molecular weight is 328 g/mol. The van der Waals surface area contributed by atoms with E-state index >= 15 is 0 Å². The minimum atomic E-state index is -0.0926. The minimum Gasteiger partial charge on any atom is -0.493 e. The van der Waals surface area contributed by atoms with Crippen LogP contribution < -0.4 is 14.8 Å². The lowest BCUT2D eigenvalue weighted by Gasteiger charge is -2.21. The summed E-state index contributed by atoms with van der Waals surface area (Å²) in [5.74, 6) is 1.36. The zero-order valence-corrected chi connectivity index (χ0v) is 14.2. The summed E-state index contributed by atoms with van der Waals surface area (Å²) < 4.78 is 10.9. The van der Waals surface area contributed by atoms with Crippen LogP contribution in [0.15, 0.2) is 54.6 Å². The summed E-state index contributed by atoms with van der Waals surface area (Å²) in [4.78, 5) is 14.0. The van der Waals surface area contributed by atoms with Gasteiger partial charge in [0, 0.05) is 13.1 Å². The largest absolute Gasteiger partial charge is 0.493 e. The molecule has 0 heterocycles. The van der Waals surface area contributed by atoms with Gasteiger partial charge in [0.05, 0.1) is 13.7 Å². The molecular weight excluding hydrogens is 304 g/mol. The normalized spacial score (nSPS) is 10.1. The predicted molar refractivity (Wildman–Crippen MR) is 94.4 cm³/mol. The molecule has 2 aromatic carbocycles. The van der Waals surface area contributed by atoms with Crippen molar-refractivity contribution < 1.29 is 14.3 Å². The number of urea groups is 1. The standard InChI is InChI=1S/C19H24N2O3/c1-3-21(15-16-9-5-4-6-10-16)19(22)20-13-14-24-18-12-8-7-11-17(18)23-2/h4-12H,3,13-15H2,1-2H3,(H,20,22). The Balaban J connectivity index is 1.77. The summed E-state index contributed by atoms with van der Waals surface area (Å²) in [6.45, 7) is 4.02. The quantitative estimate of drug-likeness (QED) is 0.757. The van der Waals surface area contributed by atoms with Gasteiger partial charge in [-0.1, -0.05) is 42.5 Å². The molecule has 24 heavy (non-hydrogen) atoms. The van der Waals surface area contributed by atoms with E-state index in [0.717, 1.165) is 5.56 Å². The summed E-state index contributed by atoms with van der Waals surface area (Å²) >= 11 is 0. The topological polar surface area (TPSA) is 50.8 Å². The van der Waals surface area contributed by atoms with Crippen molar-refractivity contribution in [2.24, 2.45) is 0 Å². The van der Waals surface area contributed by atoms with E-state index < -0.39 is 0 Å². The highest BCUT2D eigenvalue weighted by atomic mass is 16.5. The van der Waals surface area contributed by atoms with Crippen LogP contribution in [0.4, 0.5) is 4.79 Å². The van der Waals surface area contributed by atoms with Gasteiger partial charge in [-0.05, 0) is 24.6 Å². The lowest BCUT2D eigenvalue weighted by molar-refractivity contribution is 0.194. The van der Waals surface area contributed by atoms with Gasteiger partial charge in [-0.3, -0.25) is 0 Å². The molecule has 0 aliphatic heterocycles. The third kappa shape index (κ3) is 5.19. The second kappa shape index (κ2) is 9.45. The molecule has 2 aromatic rings. The van der Waals surface area contributed by atoms with Crippen LogP contribution in [0.5, 0.6) is 11.5 Å². The Morgan fingerprint density at radius 3 is 2.38 bits per heavy atom. The van der Waals surface area contributed by atoms with Crippen molar-refractivity contribution in [1.29, 1.82) is 0 Å². The monoisotopic (exact) mass is 328 g/mol. The summed E-state index contributed by atoms with van der Waals surface area (Å²) in [5.41, 5.74) is 1.11. The summed E-state index contributed by atoms with van der Waals surface area (Å²) in [6, 6.07) is 17.3. The Morgan fingerprint density at radius 1 is 1.04 bits per heavy atom. The van der Waals surface area contributed by atoms with E-state index in [0.29, 0.717) is 37.7 Å². The first-order valence-corrected chi connectivity index (χ1v) is 8.07. The fourth-order valence-corrected chi connectivity index (χ4v) is 2.30. The highest BCUT2D eigenvalue weighted by Gasteiger charge is 2.11. The van der Waals surface area contributed by atoms with Crippen LogP contribution in [0.25, 0.3) is 0 Å². The third-order valence-corrected chi connectivity index (χ3v) is 3.59. The molecule has 0 aliphatic carbocycles. The number of nitrogens with one attached hydrogen (secondary N) is 1. The molecule has 0 spiro atoms. The van der Waals surface area contributed by atoms with Gasteiger partial charge in [0.1, 0.15) is 6.61 Å². The van der Waals surface area contributed by atoms with E-state index in [-0.39, 0.29) is 6.03 Å². The zero-order chi connectivity index (χ0) is 17.2. The molecule has 0 atom stereocenters. The zero-order valence-electron chi connectivity index (χ0n) is 14.2. The molecule has 1 N–H and O–H groups in total. The van der Waals surface area contributed by atoms with Crippen molar-refractivity contribution in [2.45, 2.75) is 13.5 Å². The fraction of sp³-hybridized carbons (Fsp3) is 0.316. The van der Waals surface area contributed by atoms with Gasteiger partial charge >= 0.3 is 6.03 Å². The fourth-order valence-electron chi connectivity index (χ4n) is 2.30. The van der Waals surface area contributed by atoms with Crippen molar-refractivity contribution in [2.75, 3.05) is 26.8 Å². The van der Waals surface area contributed by atoms with E-state index in [9.17, 15) is 4.79 Å². The Morgan fingerprint density at radius 2 is 1.71 bits per heavy atom. The number of hydrogen-bond donors (Lipinski definition) is 1. The number of ether oxygens (including phenoxy) is 2.